The standard InChI is InChI=1S/C7H13FO4.C7H13FO3.C7H12O4.C6H12O4.C6H12O3/c1-4-7(11,3-8)6(10)5(2-9)12-4;1-4-7(2,8)6(10)5(3-9)11-4;1-4-7(10)5(2-8)6(3-9)11-4;1-3-5(8)6(9)4(2-7)10-3;1-4-6(8)2-5(3-7)9-4/h4-6,9-11H,2-3H2,1H3;4-6,9-10H,3H2,1-2H3;2,4-7,9-10H,3H2,1H3;3-9H,2H2,1H3;4-8H,2-3H2,1H3/t3*4-,5+,6+,7-;3-,4+,5-,6+;4-,5-,6+/m00000/s1. The summed E-state index contributed by atoms with van der Waals surface area (Å²) in [5, 5.41) is 108. The van der Waals surface area contributed by atoms with Crippen LogP contribution in [0.2, 0.25) is 0 Å². The number of halogens is 2. The molecule has 0 unspecified atom stereocenters. The van der Waals surface area contributed by atoms with Gasteiger partial charge in [-0.1, -0.05) is 0 Å². The molecule has 53 heavy (non-hydrogen) atoms. The molecule has 19 atom stereocenters. The number of hydrogen-bond donors (Lipinski definition) is 12. The molecule has 5 saturated heterocycles. The van der Waals surface area contributed by atoms with Gasteiger partial charge in [0.25, 0.3) is 0 Å². The van der Waals surface area contributed by atoms with Gasteiger partial charge in [-0.25, -0.2) is 8.78 Å². The highest BCUT2D eigenvalue weighted by Gasteiger charge is 2.53. The van der Waals surface area contributed by atoms with Gasteiger partial charge in [0.15, 0.2) is 5.67 Å². The minimum atomic E-state index is -1.87. The average Bonchev–Trinajstić information content (AvgIpc) is 3.84. The van der Waals surface area contributed by atoms with E-state index in [0.29, 0.717) is 12.7 Å². The average molecular weight is 785 g/mol. The zero-order chi connectivity index (χ0) is 41.0. The lowest BCUT2D eigenvalue weighted by molar-refractivity contribution is -0.115. The summed E-state index contributed by atoms with van der Waals surface area (Å²) in [4.78, 5) is 10.4. The Morgan fingerprint density at radius 1 is 0.623 bits per heavy atom. The first-order valence-electron chi connectivity index (χ1n) is 17.5. The minimum absolute atomic E-state index is 0.0153. The molecular formula is C33H62F2O18. The molecule has 0 amide bonds. The lowest BCUT2D eigenvalue weighted by atomic mass is 9.93. The topological polar surface area (TPSA) is 306 Å². The van der Waals surface area contributed by atoms with Gasteiger partial charge in [-0.2, -0.15) is 0 Å². The Morgan fingerprint density at radius 2 is 1.09 bits per heavy atom. The molecule has 5 aliphatic heterocycles. The maximum absolute atomic E-state index is 13.3. The van der Waals surface area contributed by atoms with Crippen molar-refractivity contribution in [3.05, 3.63) is 0 Å². The molecule has 316 valence electrons. The molecule has 5 fully saturated rings. The van der Waals surface area contributed by atoms with Crippen molar-refractivity contribution in [3.8, 4) is 0 Å². The molecule has 0 aromatic heterocycles. The van der Waals surface area contributed by atoms with Gasteiger partial charge in [0.1, 0.15) is 61.3 Å². The summed E-state index contributed by atoms with van der Waals surface area (Å²) in [7, 11) is 0. The van der Waals surface area contributed by atoms with Gasteiger partial charge in [0, 0.05) is 6.42 Å². The zero-order valence-electron chi connectivity index (χ0n) is 30.9. The van der Waals surface area contributed by atoms with E-state index in [9.17, 15) is 34.0 Å². The Labute approximate surface area is 307 Å². The summed E-state index contributed by atoms with van der Waals surface area (Å²) < 4.78 is 50.8. The molecule has 5 aliphatic rings. The van der Waals surface area contributed by atoms with E-state index in [0.717, 1.165) is 0 Å². The molecule has 0 radical (unpaired) electrons. The second kappa shape index (κ2) is 22.6. The highest BCUT2D eigenvalue weighted by molar-refractivity contribution is 5.56. The maximum Gasteiger partial charge on any atom is 0.162 e. The van der Waals surface area contributed by atoms with E-state index in [-0.39, 0.29) is 56.9 Å². The van der Waals surface area contributed by atoms with Crippen LogP contribution in [-0.4, -0.2) is 216 Å². The molecule has 20 heteroatoms. The van der Waals surface area contributed by atoms with E-state index >= 15 is 0 Å². The number of hydrogen-bond acceptors (Lipinski definition) is 18. The third-order valence-corrected chi connectivity index (χ3v) is 10.1. The molecule has 0 saturated carbocycles. The maximum atomic E-state index is 13.3. The zero-order valence-corrected chi connectivity index (χ0v) is 30.9. The van der Waals surface area contributed by atoms with Crippen LogP contribution in [0, 0.1) is 5.92 Å². The molecule has 0 aromatic carbocycles. The fourth-order valence-electron chi connectivity index (χ4n) is 5.99. The van der Waals surface area contributed by atoms with Gasteiger partial charge in [-0.3, -0.25) is 0 Å². The largest absolute Gasteiger partial charge is 0.394 e. The number of carbonyl (C=O) groups is 1. The summed E-state index contributed by atoms with van der Waals surface area (Å²) >= 11 is 0. The predicted octanol–water partition coefficient (Wildman–Crippen LogP) is -4.37. The third-order valence-electron chi connectivity index (χ3n) is 10.1. The van der Waals surface area contributed by atoms with Crippen molar-refractivity contribution in [2.24, 2.45) is 5.92 Å². The number of alkyl halides is 2. The molecular weight excluding hydrogens is 722 g/mol. The summed E-state index contributed by atoms with van der Waals surface area (Å²) in [5.74, 6) is -0.574. The van der Waals surface area contributed by atoms with Crippen LogP contribution < -0.4 is 0 Å². The number of carbonyl (C=O) groups excluding carboxylic acids is 1. The molecule has 5 rings (SSSR count). The van der Waals surface area contributed by atoms with Crippen molar-refractivity contribution in [2.45, 2.75) is 157 Å². The smallest absolute Gasteiger partial charge is 0.162 e. The Hall–Kier alpha value is -1.15. The first kappa shape index (κ1) is 49.9. The molecule has 0 aromatic rings. The van der Waals surface area contributed by atoms with Crippen LogP contribution in [0.15, 0.2) is 0 Å². The quantitative estimate of drug-likeness (QED) is 0.109. The lowest BCUT2D eigenvalue weighted by Gasteiger charge is -2.25. The number of aldehydes is 1. The normalized spacial score (nSPS) is 47.3. The van der Waals surface area contributed by atoms with Gasteiger partial charge in [0.2, 0.25) is 0 Å². The monoisotopic (exact) mass is 784 g/mol. The van der Waals surface area contributed by atoms with E-state index < -0.39 is 97.6 Å². The number of aliphatic hydroxyl groups excluding tert-OH is 11. The van der Waals surface area contributed by atoms with E-state index in [1.54, 1.807) is 27.7 Å². The molecule has 18 nitrogen and oxygen atoms in total. The van der Waals surface area contributed by atoms with Gasteiger partial charge in [-0.05, 0) is 41.5 Å². The number of aliphatic hydroxyl groups is 12. The van der Waals surface area contributed by atoms with Crippen LogP contribution in [-0.2, 0) is 28.5 Å². The molecule has 0 spiro atoms. The fourth-order valence-corrected chi connectivity index (χ4v) is 5.99. The van der Waals surface area contributed by atoms with Gasteiger partial charge < -0.3 is 89.8 Å². The molecule has 0 aliphatic carbocycles. The van der Waals surface area contributed by atoms with Gasteiger partial charge in [0.05, 0.1) is 93.9 Å². The second-order valence-corrected chi connectivity index (χ2v) is 13.9. The van der Waals surface area contributed by atoms with E-state index in [1.807, 2.05) is 0 Å². The number of ether oxygens (including phenoxy) is 5. The van der Waals surface area contributed by atoms with Crippen molar-refractivity contribution < 1.29 is 98.5 Å². The van der Waals surface area contributed by atoms with E-state index in [2.05, 4.69) is 0 Å². The SMILES string of the molecule is C[C@@H]1O[C@H](CO)C[C@H]1O.C[C@@H]1O[C@H](CO)[C@@H](C=O)[C@H]1O.C[C@@H]1O[C@H](CO)[C@@H](O)[C@@]1(C)F.C[C@@H]1O[C@H](CO)[C@@H](O)[C@H]1O.C[C@@H]1O[C@H](CO)[C@@H](O)[C@]1(O)CF. The molecule has 0 bridgehead atoms. The van der Waals surface area contributed by atoms with Crippen molar-refractivity contribution in [3.63, 3.8) is 0 Å². The van der Waals surface area contributed by atoms with Gasteiger partial charge in [-0.15, -0.1) is 0 Å². The highest BCUT2D eigenvalue weighted by Crippen LogP contribution is 2.34. The van der Waals surface area contributed by atoms with Crippen LogP contribution in [0.5, 0.6) is 0 Å². The van der Waals surface area contributed by atoms with E-state index in [4.69, 9.17) is 64.5 Å². The highest BCUT2D eigenvalue weighted by atomic mass is 19.1. The summed E-state index contributed by atoms with van der Waals surface area (Å²) in [6.45, 7) is 7.12. The predicted molar refractivity (Wildman–Crippen MR) is 178 cm³/mol. The summed E-state index contributed by atoms with van der Waals surface area (Å²) in [6.07, 6.45) is -9.61. The summed E-state index contributed by atoms with van der Waals surface area (Å²) in [6, 6.07) is 0. The Morgan fingerprint density at radius 3 is 1.34 bits per heavy atom. The van der Waals surface area contributed by atoms with Crippen LogP contribution >= 0.6 is 0 Å². The first-order chi connectivity index (χ1) is 24.7. The summed E-state index contributed by atoms with van der Waals surface area (Å²) in [5.41, 5.74) is -3.61. The van der Waals surface area contributed by atoms with E-state index in [1.165, 1.54) is 13.8 Å². The van der Waals surface area contributed by atoms with Crippen molar-refractivity contribution >= 4 is 6.29 Å². The Kier molecular flexibility index (Phi) is 21.2. The second-order valence-electron chi connectivity index (χ2n) is 13.9. The Bertz CT molecular complexity index is 1020. The third kappa shape index (κ3) is 12.7. The number of rotatable bonds is 7. The fraction of sp³-hybridized carbons (Fsp3) is 0.970. The van der Waals surface area contributed by atoms with Crippen LogP contribution in [0.25, 0.3) is 0 Å². The Balaban J connectivity index is 0.000000332. The van der Waals surface area contributed by atoms with Crippen molar-refractivity contribution in [1.29, 1.82) is 0 Å². The van der Waals surface area contributed by atoms with Crippen LogP contribution in [0.4, 0.5) is 8.78 Å². The van der Waals surface area contributed by atoms with Crippen molar-refractivity contribution in [1.82, 2.24) is 0 Å². The molecule has 12 N–H and O–H groups in total. The minimum Gasteiger partial charge on any atom is -0.394 e. The van der Waals surface area contributed by atoms with Crippen molar-refractivity contribution in [2.75, 3.05) is 39.7 Å². The van der Waals surface area contributed by atoms with Gasteiger partial charge >= 0.3 is 0 Å². The molecule has 5 heterocycles. The van der Waals surface area contributed by atoms with Crippen LogP contribution in [0.3, 0.4) is 0 Å². The first-order valence-corrected chi connectivity index (χ1v) is 17.5. The lowest BCUT2D eigenvalue weighted by Crippen LogP contribution is -2.49. The van der Waals surface area contributed by atoms with Crippen LogP contribution in [0.1, 0.15) is 48.0 Å².